The lowest BCUT2D eigenvalue weighted by atomic mass is 9.75. The number of ether oxygens (including phenoxy) is 1. The van der Waals surface area contributed by atoms with Crippen LogP contribution in [0.5, 0.6) is 11.5 Å². The summed E-state index contributed by atoms with van der Waals surface area (Å²) in [5, 5.41) is 9.96. The van der Waals surface area contributed by atoms with Crippen LogP contribution < -0.4 is 4.74 Å². The van der Waals surface area contributed by atoms with Gasteiger partial charge in [0.1, 0.15) is 0 Å². The van der Waals surface area contributed by atoms with Crippen LogP contribution in [0, 0.1) is 23.7 Å². The van der Waals surface area contributed by atoms with Gasteiger partial charge in [0.05, 0.1) is 7.11 Å². The molecule has 0 saturated heterocycles. The molecule has 3 nitrogen and oxygen atoms in total. The minimum atomic E-state index is -0.0280. The number of carbonyl (C=O) groups is 1. The van der Waals surface area contributed by atoms with E-state index in [2.05, 4.69) is 13.2 Å². The Bertz CT molecular complexity index is 686. The molecule has 1 aromatic carbocycles. The molecule has 0 heterocycles. The Labute approximate surface area is 137 Å². The Hall–Kier alpha value is -2.29. The first kappa shape index (κ1) is 15.6. The summed E-state index contributed by atoms with van der Waals surface area (Å²) in [7, 11) is 1.53. The third-order valence-corrected chi connectivity index (χ3v) is 5.19. The number of aromatic hydroxyl groups is 1. The van der Waals surface area contributed by atoms with Crippen LogP contribution in [0.4, 0.5) is 0 Å². The molecule has 120 valence electrons. The van der Waals surface area contributed by atoms with Gasteiger partial charge in [-0.3, -0.25) is 4.79 Å². The molecule has 1 N–H and O–H groups in total. The highest BCUT2D eigenvalue weighted by Crippen LogP contribution is 2.49. The van der Waals surface area contributed by atoms with Crippen molar-refractivity contribution in [3.8, 4) is 11.5 Å². The molecule has 0 bridgehead atoms. The summed E-state index contributed by atoms with van der Waals surface area (Å²) in [6.45, 7) is 8.06. The largest absolute Gasteiger partial charge is 0.504 e. The summed E-state index contributed by atoms with van der Waals surface area (Å²) in [6.07, 6.45) is 7.16. The SMILES string of the molecule is C=C[C@H]1C[C@@H](Cc2ccc(OC)c(O)c2)[C@@H]2C(=O)C=CC(=C)[C@@H]21. The third-order valence-electron chi connectivity index (χ3n) is 5.19. The van der Waals surface area contributed by atoms with Crippen LogP contribution >= 0.6 is 0 Å². The van der Waals surface area contributed by atoms with Crippen LogP contribution in [0.3, 0.4) is 0 Å². The van der Waals surface area contributed by atoms with E-state index in [9.17, 15) is 9.90 Å². The summed E-state index contributed by atoms with van der Waals surface area (Å²) < 4.78 is 5.08. The van der Waals surface area contributed by atoms with Gasteiger partial charge in [-0.15, -0.1) is 6.58 Å². The van der Waals surface area contributed by atoms with Crippen LogP contribution in [0.15, 0.2) is 55.2 Å². The highest BCUT2D eigenvalue weighted by atomic mass is 16.5. The van der Waals surface area contributed by atoms with E-state index in [0.29, 0.717) is 11.7 Å². The Morgan fingerprint density at radius 1 is 1.35 bits per heavy atom. The number of rotatable bonds is 4. The molecule has 0 spiro atoms. The highest BCUT2D eigenvalue weighted by molar-refractivity contribution is 5.94. The maximum Gasteiger partial charge on any atom is 0.160 e. The average molecular weight is 310 g/mol. The zero-order valence-corrected chi connectivity index (χ0v) is 13.4. The van der Waals surface area contributed by atoms with Crippen molar-refractivity contribution in [2.75, 3.05) is 7.11 Å². The minimum absolute atomic E-state index is 0.0280. The molecule has 3 rings (SSSR count). The normalized spacial score (nSPS) is 29.4. The third kappa shape index (κ3) is 2.72. The molecular formula is C20H22O3. The minimum Gasteiger partial charge on any atom is -0.504 e. The Morgan fingerprint density at radius 2 is 2.13 bits per heavy atom. The number of allylic oxidation sites excluding steroid dienone is 4. The van der Waals surface area contributed by atoms with Gasteiger partial charge in [0.15, 0.2) is 17.3 Å². The molecule has 1 fully saturated rings. The molecule has 0 aromatic heterocycles. The summed E-state index contributed by atoms with van der Waals surface area (Å²) >= 11 is 0. The second kappa shape index (κ2) is 6.07. The van der Waals surface area contributed by atoms with Crippen LogP contribution in [0.1, 0.15) is 12.0 Å². The Kier molecular flexibility index (Phi) is 4.12. The lowest BCUT2D eigenvalue weighted by Crippen LogP contribution is -2.29. The van der Waals surface area contributed by atoms with Gasteiger partial charge in [0.25, 0.3) is 0 Å². The van der Waals surface area contributed by atoms with E-state index in [4.69, 9.17) is 4.74 Å². The molecule has 2 aliphatic rings. The summed E-state index contributed by atoms with van der Waals surface area (Å²) in [6, 6.07) is 5.45. The summed E-state index contributed by atoms with van der Waals surface area (Å²) in [5.41, 5.74) is 2.05. The summed E-state index contributed by atoms with van der Waals surface area (Å²) in [4.78, 5) is 12.4. The zero-order chi connectivity index (χ0) is 16.6. The van der Waals surface area contributed by atoms with Crippen LogP contribution in [0.2, 0.25) is 0 Å². The van der Waals surface area contributed by atoms with Gasteiger partial charge < -0.3 is 9.84 Å². The number of phenolic OH excluding ortho intramolecular Hbond substituents is 1. The van der Waals surface area contributed by atoms with E-state index < -0.39 is 0 Å². The molecule has 2 aliphatic carbocycles. The van der Waals surface area contributed by atoms with E-state index in [0.717, 1.165) is 24.0 Å². The fraction of sp³-hybridized carbons (Fsp3) is 0.350. The number of hydrogen-bond donors (Lipinski definition) is 1. The van der Waals surface area contributed by atoms with Crippen LogP contribution in [-0.2, 0) is 11.2 Å². The molecule has 0 amide bonds. The topological polar surface area (TPSA) is 46.5 Å². The van der Waals surface area contributed by atoms with Crippen molar-refractivity contribution in [3.63, 3.8) is 0 Å². The number of phenols is 1. The standard InChI is InChI=1S/C20H22O3/c1-4-14-11-15(20-16(21)7-5-12(2)19(14)20)9-13-6-8-18(23-3)17(22)10-13/h4-8,10,14-15,19-20,22H,1-2,9,11H2,3H3/t14-,15+,19+,20+/m0/s1. The first-order valence-corrected chi connectivity index (χ1v) is 7.94. The van der Waals surface area contributed by atoms with Gasteiger partial charge in [-0.25, -0.2) is 0 Å². The van der Waals surface area contributed by atoms with E-state index in [1.54, 1.807) is 18.2 Å². The smallest absolute Gasteiger partial charge is 0.160 e. The van der Waals surface area contributed by atoms with E-state index in [-0.39, 0.29) is 29.3 Å². The monoisotopic (exact) mass is 310 g/mol. The fourth-order valence-corrected chi connectivity index (χ4v) is 4.15. The number of methoxy groups -OCH3 is 1. The molecule has 1 aromatic rings. The summed E-state index contributed by atoms with van der Waals surface area (Å²) in [5.74, 6) is 1.46. The van der Waals surface area contributed by atoms with Crippen molar-refractivity contribution in [3.05, 3.63) is 60.7 Å². The van der Waals surface area contributed by atoms with Gasteiger partial charge in [0.2, 0.25) is 0 Å². The Morgan fingerprint density at radius 3 is 2.78 bits per heavy atom. The van der Waals surface area contributed by atoms with Crippen LogP contribution in [0.25, 0.3) is 0 Å². The molecule has 1 saturated carbocycles. The first-order valence-electron chi connectivity index (χ1n) is 7.94. The van der Waals surface area contributed by atoms with Gasteiger partial charge in [0, 0.05) is 5.92 Å². The quantitative estimate of drug-likeness (QED) is 0.863. The number of hydrogen-bond acceptors (Lipinski definition) is 3. The lowest BCUT2D eigenvalue weighted by Gasteiger charge is -2.28. The van der Waals surface area contributed by atoms with E-state index in [1.807, 2.05) is 18.2 Å². The van der Waals surface area contributed by atoms with Crippen molar-refractivity contribution in [2.45, 2.75) is 12.8 Å². The fourth-order valence-electron chi connectivity index (χ4n) is 4.15. The maximum absolute atomic E-state index is 12.4. The Balaban J connectivity index is 1.86. The van der Waals surface area contributed by atoms with Gasteiger partial charge in [-0.1, -0.05) is 30.4 Å². The number of ketones is 1. The van der Waals surface area contributed by atoms with E-state index >= 15 is 0 Å². The van der Waals surface area contributed by atoms with Gasteiger partial charge >= 0.3 is 0 Å². The second-order valence-corrected chi connectivity index (χ2v) is 6.47. The zero-order valence-electron chi connectivity index (χ0n) is 13.4. The second-order valence-electron chi connectivity index (χ2n) is 6.47. The molecule has 4 atom stereocenters. The van der Waals surface area contributed by atoms with Gasteiger partial charge in [-0.05, 0) is 54.4 Å². The molecule has 23 heavy (non-hydrogen) atoms. The molecule has 0 aliphatic heterocycles. The number of carbonyl (C=O) groups excluding carboxylic acids is 1. The molecular weight excluding hydrogens is 288 g/mol. The molecule has 0 radical (unpaired) electrons. The predicted molar refractivity (Wildman–Crippen MR) is 90.4 cm³/mol. The van der Waals surface area contributed by atoms with E-state index in [1.165, 1.54) is 7.11 Å². The van der Waals surface area contributed by atoms with Crippen molar-refractivity contribution in [1.29, 1.82) is 0 Å². The van der Waals surface area contributed by atoms with Crippen molar-refractivity contribution < 1.29 is 14.6 Å². The highest BCUT2D eigenvalue weighted by Gasteiger charge is 2.46. The van der Waals surface area contributed by atoms with Gasteiger partial charge in [-0.2, -0.15) is 0 Å². The average Bonchev–Trinajstić information content (AvgIpc) is 2.91. The number of fused-ring (bicyclic) bond motifs is 1. The van der Waals surface area contributed by atoms with Crippen molar-refractivity contribution in [1.82, 2.24) is 0 Å². The maximum atomic E-state index is 12.4. The first-order chi connectivity index (χ1) is 11.0. The molecule has 3 heteroatoms. The number of benzene rings is 1. The molecule has 0 unspecified atom stereocenters. The van der Waals surface area contributed by atoms with Crippen molar-refractivity contribution in [2.24, 2.45) is 23.7 Å². The lowest BCUT2D eigenvalue weighted by molar-refractivity contribution is -0.120. The predicted octanol–water partition coefficient (Wildman–Crippen LogP) is 3.69. The van der Waals surface area contributed by atoms with Crippen molar-refractivity contribution >= 4 is 5.78 Å². The van der Waals surface area contributed by atoms with Crippen LogP contribution in [-0.4, -0.2) is 18.0 Å².